The van der Waals surface area contributed by atoms with Crippen molar-refractivity contribution in [1.29, 1.82) is 0 Å². The van der Waals surface area contributed by atoms with Crippen LogP contribution in [0.3, 0.4) is 0 Å². The van der Waals surface area contributed by atoms with Crippen LogP contribution in [0.25, 0.3) is 0 Å². The van der Waals surface area contributed by atoms with E-state index in [9.17, 15) is 4.79 Å². The maximum absolute atomic E-state index is 11.4. The number of carbonyl (C=O) groups is 1. The van der Waals surface area contributed by atoms with Crippen LogP contribution >= 0.6 is 11.3 Å². The summed E-state index contributed by atoms with van der Waals surface area (Å²) in [5.74, 6) is 0.163. The Kier molecular flexibility index (Phi) is 1.87. The van der Waals surface area contributed by atoms with Gasteiger partial charge in [-0.15, -0.1) is 11.3 Å². The largest absolute Gasteiger partial charge is 0.355 e. The molecule has 2 rings (SSSR count). The molecule has 1 aliphatic rings. The van der Waals surface area contributed by atoms with Crippen LogP contribution in [-0.2, 0) is 10.2 Å². The average molecular weight is 196 g/mol. The maximum Gasteiger partial charge on any atom is 0.223 e. The molecule has 70 valence electrons. The van der Waals surface area contributed by atoms with E-state index in [-0.39, 0.29) is 17.2 Å². The molecule has 0 aromatic carbocycles. The second-order valence-corrected chi connectivity index (χ2v) is 4.59. The second-order valence-electron chi connectivity index (χ2n) is 3.69. The summed E-state index contributed by atoms with van der Waals surface area (Å²) in [5.41, 5.74) is -0.106. The SMILES string of the molecule is CC1C(=O)NCC1(C)c1nccs1. The van der Waals surface area contributed by atoms with Crippen molar-refractivity contribution >= 4 is 17.2 Å². The minimum absolute atomic E-state index is 0.0265. The molecule has 3 nitrogen and oxygen atoms in total. The average Bonchev–Trinajstić information content (AvgIpc) is 2.71. The van der Waals surface area contributed by atoms with Gasteiger partial charge in [-0.25, -0.2) is 4.98 Å². The fraction of sp³-hybridized carbons (Fsp3) is 0.556. The van der Waals surface area contributed by atoms with E-state index in [0.717, 1.165) is 5.01 Å². The van der Waals surface area contributed by atoms with Gasteiger partial charge in [0.05, 0.1) is 0 Å². The molecule has 1 aromatic heterocycles. The van der Waals surface area contributed by atoms with E-state index in [1.54, 1.807) is 17.5 Å². The molecule has 1 aromatic rings. The first kappa shape index (κ1) is 8.69. The zero-order chi connectivity index (χ0) is 9.47. The molecule has 4 heteroatoms. The Labute approximate surface area is 81.2 Å². The third kappa shape index (κ3) is 1.16. The minimum atomic E-state index is -0.106. The Bertz CT molecular complexity index is 322. The van der Waals surface area contributed by atoms with Gasteiger partial charge in [-0.3, -0.25) is 4.79 Å². The molecule has 0 aliphatic carbocycles. The summed E-state index contributed by atoms with van der Waals surface area (Å²) in [4.78, 5) is 15.6. The number of thiazole rings is 1. The standard InChI is InChI=1S/C9H12N2OS/c1-6-7(12)11-5-9(6,2)8-10-3-4-13-8/h3-4,6H,5H2,1-2H3,(H,11,12). The third-order valence-corrected chi connectivity index (χ3v) is 3.95. The van der Waals surface area contributed by atoms with Gasteiger partial charge in [0.2, 0.25) is 5.91 Å². The minimum Gasteiger partial charge on any atom is -0.355 e. The summed E-state index contributed by atoms with van der Waals surface area (Å²) in [5, 5.41) is 5.88. The number of aromatic nitrogens is 1. The van der Waals surface area contributed by atoms with E-state index in [0.29, 0.717) is 6.54 Å². The molecule has 2 unspecified atom stereocenters. The zero-order valence-corrected chi connectivity index (χ0v) is 8.52. The molecule has 0 radical (unpaired) electrons. The van der Waals surface area contributed by atoms with E-state index in [1.165, 1.54) is 0 Å². The number of carbonyl (C=O) groups excluding carboxylic acids is 1. The van der Waals surface area contributed by atoms with Gasteiger partial charge in [-0.1, -0.05) is 13.8 Å². The molecular weight excluding hydrogens is 184 g/mol. The van der Waals surface area contributed by atoms with Gasteiger partial charge in [0.1, 0.15) is 5.01 Å². The second kappa shape index (κ2) is 2.80. The van der Waals surface area contributed by atoms with Crippen molar-refractivity contribution in [3.05, 3.63) is 16.6 Å². The fourth-order valence-electron chi connectivity index (χ4n) is 1.63. The van der Waals surface area contributed by atoms with Crippen molar-refractivity contribution in [2.45, 2.75) is 19.3 Å². The van der Waals surface area contributed by atoms with Gasteiger partial charge < -0.3 is 5.32 Å². The number of nitrogens with one attached hydrogen (secondary N) is 1. The lowest BCUT2D eigenvalue weighted by atomic mass is 9.81. The molecule has 2 heterocycles. The first-order chi connectivity index (χ1) is 6.14. The number of nitrogens with zero attached hydrogens (tertiary/aromatic N) is 1. The molecule has 0 spiro atoms. The third-order valence-electron chi connectivity index (χ3n) is 2.90. The number of amides is 1. The highest BCUT2D eigenvalue weighted by Crippen LogP contribution is 2.36. The van der Waals surface area contributed by atoms with E-state index in [1.807, 2.05) is 12.3 Å². The lowest BCUT2D eigenvalue weighted by Crippen LogP contribution is -2.30. The number of rotatable bonds is 1. The maximum atomic E-state index is 11.4. The van der Waals surface area contributed by atoms with Gasteiger partial charge in [0.15, 0.2) is 0 Å². The topological polar surface area (TPSA) is 42.0 Å². The molecule has 0 bridgehead atoms. The van der Waals surface area contributed by atoms with Gasteiger partial charge in [-0.2, -0.15) is 0 Å². The van der Waals surface area contributed by atoms with Gasteiger partial charge in [-0.05, 0) is 0 Å². The highest BCUT2D eigenvalue weighted by atomic mass is 32.1. The molecule has 13 heavy (non-hydrogen) atoms. The van der Waals surface area contributed by atoms with Crippen LogP contribution in [0.1, 0.15) is 18.9 Å². The van der Waals surface area contributed by atoms with E-state index < -0.39 is 0 Å². The van der Waals surface area contributed by atoms with Gasteiger partial charge in [0, 0.05) is 29.5 Å². The van der Waals surface area contributed by atoms with Crippen molar-refractivity contribution in [2.24, 2.45) is 5.92 Å². The van der Waals surface area contributed by atoms with Crippen LogP contribution in [0.15, 0.2) is 11.6 Å². The van der Waals surface area contributed by atoms with Crippen LogP contribution in [0.5, 0.6) is 0 Å². The lowest BCUT2D eigenvalue weighted by molar-refractivity contribution is -0.122. The Morgan fingerprint density at radius 1 is 1.77 bits per heavy atom. The summed E-state index contributed by atoms with van der Waals surface area (Å²) in [6.07, 6.45) is 1.79. The van der Waals surface area contributed by atoms with Crippen molar-refractivity contribution in [1.82, 2.24) is 10.3 Å². The monoisotopic (exact) mass is 196 g/mol. The molecule has 2 atom stereocenters. The normalized spacial score (nSPS) is 33.4. The summed E-state index contributed by atoms with van der Waals surface area (Å²) in [7, 11) is 0. The molecule has 1 saturated heterocycles. The van der Waals surface area contributed by atoms with Crippen molar-refractivity contribution in [2.75, 3.05) is 6.54 Å². The van der Waals surface area contributed by atoms with Crippen molar-refractivity contribution < 1.29 is 4.79 Å². The van der Waals surface area contributed by atoms with Crippen LogP contribution < -0.4 is 5.32 Å². The Balaban J connectivity index is 2.37. The summed E-state index contributed by atoms with van der Waals surface area (Å²) < 4.78 is 0. The van der Waals surface area contributed by atoms with Gasteiger partial charge in [0.25, 0.3) is 0 Å². The molecule has 1 N–H and O–H groups in total. The molecule has 1 fully saturated rings. The van der Waals surface area contributed by atoms with Gasteiger partial charge >= 0.3 is 0 Å². The first-order valence-electron chi connectivity index (χ1n) is 4.32. The van der Waals surface area contributed by atoms with E-state index in [4.69, 9.17) is 0 Å². The van der Waals surface area contributed by atoms with Crippen LogP contribution in [0, 0.1) is 5.92 Å². The Hall–Kier alpha value is -0.900. The quantitative estimate of drug-likeness (QED) is 0.732. The Morgan fingerprint density at radius 2 is 2.54 bits per heavy atom. The summed E-state index contributed by atoms with van der Waals surface area (Å²) >= 11 is 1.62. The predicted molar refractivity (Wildman–Crippen MR) is 51.6 cm³/mol. The van der Waals surface area contributed by atoms with E-state index >= 15 is 0 Å². The summed E-state index contributed by atoms with van der Waals surface area (Å²) in [6, 6.07) is 0. The Morgan fingerprint density at radius 3 is 3.00 bits per heavy atom. The first-order valence-corrected chi connectivity index (χ1v) is 5.20. The van der Waals surface area contributed by atoms with Crippen molar-refractivity contribution in [3.8, 4) is 0 Å². The van der Waals surface area contributed by atoms with E-state index in [2.05, 4.69) is 17.2 Å². The fourth-order valence-corrected chi connectivity index (χ4v) is 2.52. The molecule has 1 aliphatic heterocycles. The molecule has 0 saturated carbocycles. The summed E-state index contributed by atoms with van der Waals surface area (Å²) in [6.45, 7) is 4.76. The molecular formula is C9H12N2OS. The highest BCUT2D eigenvalue weighted by Gasteiger charge is 2.44. The lowest BCUT2D eigenvalue weighted by Gasteiger charge is -2.23. The van der Waals surface area contributed by atoms with Crippen LogP contribution in [0.4, 0.5) is 0 Å². The highest BCUT2D eigenvalue weighted by molar-refractivity contribution is 7.09. The van der Waals surface area contributed by atoms with Crippen molar-refractivity contribution in [3.63, 3.8) is 0 Å². The van der Waals surface area contributed by atoms with Crippen LogP contribution in [-0.4, -0.2) is 17.4 Å². The molecule has 1 amide bonds. The smallest absolute Gasteiger partial charge is 0.223 e. The van der Waals surface area contributed by atoms with Crippen LogP contribution in [0.2, 0.25) is 0 Å². The number of hydrogen-bond acceptors (Lipinski definition) is 3. The zero-order valence-electron chi connectivity index (χ0n) is 7.70. The number of hydrogen-bond donors (Lipinski definition) is 1. The predicted octanol–water partition coefficient (Wildman–Crippen LogP) is 1.17.